The summed E-state index contributed by atoms with van der Waals surface area (Å²) in [6, 6.07) is 17.4. The molecule has 7 heteroatoms. The average Bonchev–Trinajstić information content (AvgIpc) is 2.78. The Bertz CT molecular complexity index is 1110. The van der Waals surface area contributed by atoms with E-state index in [0.29, 0.717) is 34.2 Å². The molecule has 0 saturated carbocycles. The van der Waals surface area contributed by atoms with E-state index in [4.69, 9.17) is 21.1 Å². The quantitative estimate of drug-likeness (QED) is 0.397. The maximum Gasteiger partial charge on any atom is 0.271 e. The Hall–Kier alpha value is -3.51. The topological polar surface area (TPSA) is 80.2 Å². The number of hydrogen-bond donors (Lipinski definition) is 2. The minimum absolute atomic E-state index is 0.0523. The van der Waals surface area contributed by atoms with Gasteiger partial charge in [-0.15, -0.1) is 0 Å². The predicted octanol–water partition coefficient (Wildman–Crippen LogP) is 5.10. The SMILES string of the molecule is COc1ccc(O)c(/C(C)=N/NC(=O)c2ccc(COc3ccc(Cl)c(C)c3)cc2)c1. The third-order valence-electron chi connectivity index (χ3n) is 4.67. The van der Waals surface area contributed by atoms with E-state index in [1.54, 1.807) is 37.3 Å². The number of halogens is 1. The lowest BCUT2D eigenvalue weighted by molar-refractivity contribution is 0.0954. The van der Waals surface area contributed by atoms with Crippen molar-refractivity contribution in [2.45, 2.75) is 20.5 Å². The lowest BCUT2D eigenvalue weighted by atomic mass is 10.1. The largest absolute Gasteiger partial charge is 0.507 e. The molecule has 0 aliphatic rings. The molecule has 0 aromatic heterocycles. The Balaban J connectivity index is 1.61. The molecule has 3 rings (SSSR count). The third-order valence-corrected chi connectivity index (χ3v) is 5.09. The second-order valence-corrected chi connectivity index (χ2v) is 7.33. The first-order valence-corrected chi connectivity index (χ1v) is 9.95. The maximum absolute atomic E-state index is 12.4. The predicted molar refractivity (Wildman–Crippen MR) is 121 cm³/mol. The van der Waals surface area contributed by atoms with Crippen LogP contribution < -0.4 is 14.9 Å². The molecule has 0 aliphatic heterocycles. The summed E-state index contributed by atoms with van der Waals surface area (Å²) in [5, 5.41) is 14.8. The van der Waals surface area contributed by atoms with E-state index in [1.165, 1.54) is 13.2 Å². The number of carbonyl (C=O) groups excluding carboxylic acids is 1. The van der Waals surface area contributed by atoms with Crippen molar-refractivity contribution < 1.29 is 19.4 Å². The molecule has 0 unspecified atom stereocenters. The highest BCUT2D eigenvalue weighted by Gasteiger charge is 2.09. The summed E-state index contributed by atoms with van der Waals surface area (Å²) in [7, 11) is 1.54. The van der Waals surface area contributed by atoms with Gasteiger partial charge < -0.3 is 14.6 Å². The highest BCUT2D eigenvalue weighted by atomic mass is 35.5. The Labute approximate surface area is 186 Å². The van der Waals surface area contributed by atoms with Gasteiger partial charge in [-0.3, -0.25) is 4.79 Å². The molecule has 3 aromatic carbocycles. The number of aryl methyl sites for hydroxylation is 1. The third kappa shape index (κ3) is 5.77. The Morgan fingerprint density at radius 3 is 2.45 bits per heavy atom. The summed E-state index contributed by atoms with van der Waals surface area (Å²) >= 11 is 6.03. The smallest absolute Gasteiger partial charge is 0.271 e. The van der Waals surface area contributed by atoms with Crippen LogP contribution in [-0.2, 0) is 6.61 Å². The first-order valence-electron chi connectivity index (χ1n) is 9.57. The summed E-state index contributed by atoms with van der Waals surface area (Å²) in [5.41, 5.74) is 5.76. The van der Waals surface area contributed by atoms with Crippen molar-refractivity contribution in [1.29, 1.82) is 0 Å². The van der Waals surface area contributed by atoms with Gasteiger partial charge in [-0.2, -0.15) is 5.10 Å². The lowest BCUT2D eigenvalue weighted by Crippen LogP contribution is -2.19. The van der Waals surface area contributed by atoms with Gasteiger partial charge in [0.2, 0.25) is 0 Å². The zero-order valence-corrected chi connectivity index (χ0v) is 18.2. The molecule has 0 spiro atoms. The summed E-state index contributed by atoms with van der Waals surface area (Å²) in [4.78, 5) is 12.4. The number of nitrogens with one attached hydrogen (secondary N) is 1. The summed E-state index contributed by atoms with van der Waals surface area (Å²) in [6.45, 7) is 3.98. The van der Waals surface area contributed by atoms with Gasteiger partial charge in [0.15, 0.2) is 0 Å². The van der Waals surface area contributed by atoms with Gasteiger partial charge in [0.25, 0.3) is 5.91 Å². The van der Waals surface area contributed by atoms with Gasteiger partial charge >= 0.3 is 0 Å². The van der Waals surface area contributed by atoms with E-state index in [1.807, 2.05) is 31.2 Å². The van der Waals surface area contributed by atoms with Crippen LogP contribution in [0.25, 0.3) is 0 Å². The van der Waals surface area contributed by atoms with Crippen molar-refractivity contribution >= 4 is 23.2 Å². The molecule has 0 fully saturated rings. The lowest BCUT2D eigenvalue weighted by Gasteiger charge is -2.09. The van der Waals surface area contributed by atoms with Crippen LogP contribution in [0.5, 0.6) is 17.2 Å². The van der Waals surface area contributed by atoms with Crippen molar-refractivity contribution in [2.75, 3.05) is 7.11 Å². The van der Waals surface area contributed by atoms with E-state index in [-0.39, 0.29) is 11.7 Å². The van der Waals surface area contributed by atoms with Crippen molar-refractivity contribution in [3.05, 3.63) is 87.9 Å². The van der Waals surface area contributed by atoms with E-state index in [2.05, 4.69) is 10.5 Å². The van der Waals surface area contributed by atoms with Crippen LogP contribution in [0.2, 0.25) is 5.02 Å². The van der Waals surface area contributed by atoms with E-state index in [9.17, 15) is 9.90 Å². The van der Waals surface area contributed by atoms with Crippen molar-refractivity contribution in [1.82, 2.24) is 5.43 Å². The number of phenols is 1. The minimum Gasteiger partial charge on any atom is -0.507 e. The second-order valence-electron chi connectivity index (χ2n) is 6.92. The van der Waals surface area contributed by atoms with Crippen LogP contribution in [0.1, 0.15) is 34.0 Å². The Morgan fingerprint density at radius 1 is 1.06 bits per heavy atom. The molecule has 6 nitrogen and oxygen atoms in total. The van der Waals surface area contributed by atoms with Gasteiger partial charge in [-0.05, 0) is 73.5 Å². The number of hydrazone groups is 1. The fraction of sp³-hybridized carbons (Fsp3) is 0.167. The number of benzene rings is 3. The molecule has 0 aliphatic carbocycles. The second kappa shape index (κ2) is 10.00. The molecule has 31 heavy (non-hydrogen) atoms. The molecule has 0 radical (unpaired) electrons. The number of amides is 1. The maximum atomic E-state index is 12.4. The van der Waals surface area contributed by atoms with Crippen LogP contribution in [0.3, 0.4) is 0 Å². The normalized spacial score (nSPS) is 11.2. The van der Waals surface area contributed by atoms with Crippen LogP contribution in [0, 0.1) is 6.92 Å². The van der Waals surface area contributed by atoms with E-state index < -0.39 is 0 Å². The van der Waals surface area contributed by atoms with Crippen LogP contribution in [-0.4, -0.2) is 23.8 Å². The average molecular weight is 439 g/mol. The number of ether oxygens (including phenoxy) is 2. The molecular weight excluding hydrogens is 416 g/mol. The molecule has 2 N–H and O–H groups in total. The fourth-order valence-electron chi connectivity index (χ4n) is 2.82. The number of hydrogen-bond acceptors (Lipinski definition) is 5. The van der Waals surface area contributed by atoms with Crippen LogP contribution in [0.15, 0.2) is 65.8 Å². The highest BCUT2D eigenvalue weighted by Crippen LogP contribution is 2.24. The molecule has 0 saturated heterocycles. The van der Waals surface area contributed by atoms with Crippen molar-refractivity contribution in [3.8, 4) is 17.2 Å². The number of aromatic hydroxyl groups is 1. The van der Waals surface area contributed by atoms with Gasteiger partial charge in [0.05, 0.1) is 12.8 Å². The van der Waals surface area contributed by atoms with E-state index in [0.717, 1.165) is 16.9 Å². The van der Waals surface area contributed by atoms with Gasteiger partial charge in [-0.25, -0.2) is 5.43 Å². The number of carbonyl (C=O) groups is 1. The molecule has 0 bridgehead atoms. The van der Waals surface area contributed by atoms with E-state index >= 15 is 0 Å². The van der Waals surface area contributed by atoms with Gasteiger partial charge in [0, 0.05) is 16.1 Å². The fourth-order valence-corrected chi connectivity index (χ4v) is 2.93. The zero-order valence-electron chi connectivity index (χ0n) is 17.5. The Morgan fingerprint density at radius 2 is 1.77 bits per heavy atom. The molecular formula is C24H23ClN2O4. The summed E-state index contributed by atoms with van der Waals surface area (Å²) in [6.07, 6.45) is 0. The summed E-state index contributed by atoms with van der Waals surface area (Å²) < 4.78 is 10.9. The minimum atomic E-state index is -0.359. The van der Waals surface area contributed by atoms with Crippen LogP contribution >= 0.6 is 11.6 Å². The molecule has 160 valence electrons. The summed E-state index contributed by atoms with van der Waals surface area (Å²) in [5.74, 6) is 1.01. The van der Waals surface area contributed by atoms with Gasteiger partial charge in [-0.1, -0.05) is 23.7 Å². The number of nitrogens with zero attached hydrogens (tertiary/aromatic N) is 1. The highest BCUT2D eigenvalue weighted by molar-refractivity contribution is 6.31. The number of phenolic OH excluding ortho intramolecular Hbond substituents is 1. The van der Waals surface area contributed by atoms with Crippen molar-refractivity contribution in [3.63, 3.8) is 0 Å². The first-order chi connectivity index (χ1) is 14.9. The molecule has 0 atom stereocenters. The molecule has 0 heterocycles. The Kier molecular flexibility index (Phi) is 7.15. The molecule has 3 aromatic rings. The number of rotatable bonds is 7. The van der Waals surface area contributed by atoms with Crippen molar-refractivity contribution in [2.24, 2.45) is 5.10 Å². The molecule has 1 amide bonds. The van der Waals surface area contributed by atoms with Crippen LogP contribution in [0.4, 0.5) is 0 Å². The first kappa shape index (κ1) is 22.2. The monoisotopic (exact) mass is 438 g/mol. The van der Waals surface area contributed by atoms with Gasteiger partial charge in [0.1, 0.15) is 23.9 Å². The zero-order chi connectivity index (χ0) is 22.4. The number of methoxy groups -OCH3 is 1. The standard InChI is InChI=1S/C24H23ClN2O4/c1-15-12-20(8-10-22(15)25)31-14-17-4-6-18(7-5-17)24(29)27-26-16(2)21-13-19(30-3)9-11-23(21)28/h4-13,28H,14H2,1-3H3,(H,27,29)/b26-16+.